The fourth-order valence-electron chi connectivity index (χ4n) is 6.19. The lowest BCUT2D eigenvalue weighted by molar-refractivity contribution is 0.299. The third kappa shape index (κ3) is 18.2. The van der Waals surface area contributed by atoms with Crippen molar-refractivity contribution >= 4 is 12.2 Å². The molecule has 2 rings (SSSR count). The zero-order chi connectivity index (χ0) is 30.8. The van der Waals surface area contributed by atoms with E-state index in [4.69, 9.17) is 9.47 Å². The van der Waals surface area contributed by atoms with Gasteiger partial charge in [0.1, 0.15) is 11.5 Å². The van der Waals surface area contributed by atoms with Crippen molar-refractivity contribution < 1.29 is 9.47 Å². The lowest BCUT2D eigenvalue weighted by Crippen LogP contribution is -2.02. The molecule has 2 aromatic carbocycles. The summed E-state index contributed by atoms with van der Waals surface area (Å²) in [7, 11) is 0. The fourth-order valence-corrected chi connectivity index (χ4v) is 6.19. The lowest BCUT2D eigenvalue weighted by atomic mass is 9.91. The zero-order valence-corrected chi connectivity index (χ0v) is 28.6. The normalized spacial score (nSPS) is 12.9. The Balaban J connectivity index is 1.58. The maximum atomic E-state index is 6.01. The third-order valence-electron chi connectivity index (χ3n) is 8.86. The number of benzene rings is 2. The van der Waals surface area contributed by atoms with Gasteiger partial charge in [0.15, 0.2) is 0 Å². The molecule has 0 radical (unpaired) electrons. The van der Waals surface area contributed by atoms with E-state index in [-0.39, 0.29) is 0 Å². The summed E-state index contributed by atoms with van der Waals surface area (Å²) in [6.45, 7) is 10.9. The van der Waals surface area contributed by atoms with Crippen molar-refractivity contribution in [2.24, 2.45) is 11.8 Å². The highest BCUT2D eigenvalue weighted by Gasteiger charge is 2.08. The maximum Gasteiger partial charge on any atom is 0.119 e. The Morgan fingerprint density at radius 2 is 0.791 bits per heavy atom. The average Bonchev–Trinajstić information content (AvgIpc) is 3.03. The summed E-state index contributed by atoms with van der Waals surface area (Å²) in [4.78, 5) is 0. The highest BCUT2D eigenvalue weighted by molar-refractivity contribution is 5.70. The van der Waals surface area contributed by atoms with Gasteiger partial charge in [0, 0.05) is 0 Å². The van der Waals surface area contributed by atoms with E-state index >= 15 is 0 Å². The molecule has 0 bridgehead atoms. The van der Waals surface area contributed by atoms with Crippen molar-refractivity contribution in [3.8, 4) is 11.5 Å². The molecule has 2 aromatic rings. The van der Waals surface area contributed by atoms with Crippen LogP contribution in [0.3, 0.4) is 0 Å². The average molecular weight is 591 g/mol. The molecule has 2 atom stereocenters. The van der Waals surface area contributed by atoms with Crippen LogP contribution in [0.5, 0.6) is 11.5 Å². The Morgan fingerprint density at radius 1 is 0.419 bits per heavy atom. The van der Waals surface area contributed by atoms with Crippen LogP contribution in [0.15, 0.2) is 48.5 Å². The van der Waals surface area contributed by atoms with E-state index in [1.54, 1.807) is 0 Å². The summed E-state index contributed by atoms with van der Waals surface area (Å²) in [6.07, 6.45) is 29.8. The molecule has 0 saturated carbocycles. The summed E-state index contributed by atoms with van der Waals surface area (Å²) >= 11 is 0. The summed E-state index contributed by atoms with van der Waals surface area (Å²) in [6, 6.07) is 16.9. The number of rotatable bonds is 27. The van der Waals surface area contributed by atoms with Gasteiger partial charge in [-0.3, -0.25) is 0 Å². The molecule has 2 nitrogen and oxygen atoms in total. The van der Waals surface area contributed by atoms with Crippen LogP contribution in [0.4, 0.5) is 0 Å². The SMILES string of the molecule is CCCCC(CCC)CCCCCCOc1ccc(/C=C/c2ccc(OCCCCCC(CCC)CCCC)cc2)cc1. The smallest absolute Gasteiger partial charge is 0.119 e. The van der Waals surface area contributed by atoms with Crippen LogP contribution in [-0.2, 0) is 0 Å². The van der Waals surface area contributed by atoms with Crippen LogP contribution in [0, 0.1) is 11.8 Å². The van der Waals surface area contributed by atoms with Crippen molar-refractivity contribution in [2.75, 3.05) is 13.2 Å². The molecule has 0 saturated heterocycles. The first-order valence-electron chi connectivity index (χ1n) is 18.3. The van der Waals surface area contributed by atoms with Crippen molar-refractivity contribution in [3.05, 3.63) is 59.7 Å². The van der Waals surface area contributed by atoms with E-state index in [2.05, 4.69) is 88.4 Å². The predicted octanol–water partition coefficient (Wildman–Crippen LogP) is 13.3. The molecular weight excluding hydrogens is 524 g/mol. The van der Waals surface area contributed by atoms with Crippen molar-refractivity contribution in [1.29, 1.82) is 0 Å². The summed E-state index contributed by atoms with van der Waals surface area (Å²) < 4.78 is 12.0. The van der Waals surface area contributed by atoms with Gasteiger partial charge >= 0.3 is 0 Å². The molecule has 0 aromatic heterocycles. The first-order chi connectivity index (χ1) is 21.2. The number of unbranched alkanes of at least 4 members (excludes halogenated alkanes) is 7. The second-order valence-electron chi connectivity index (χ2n) is 12.8. The largest absolute Gasteiger partial charge is 0.494 e. The molecule has 0 heterocycles. The van der Waals surface area contributed by atoms with Gasteiger partial charge in [-0.1, -0.05) is 173 Å². The van der Waals surface area contributed by atoms with Gasteiger partial charge in [-0.05, 0) is 60.1 Å². The second-order valence-corrected chi connectivity index (χ2v) is 12.8. The summed E-state index contributed by atoms with van der Waals surface area (Å²) in [5.41, 5.74) is 2.38. The van der Waals surface area contributed by atoms with Gasteiger partial charge in [-0.15, -0.1) is 0 Å². The van der Waals surface area contributed by atoms with Gasteiger partial charge in [0.05, 0.1) is 13.2 Å². The Kier molecular flexibility index (Phi) is 21.6. The van der Waals surface area contributed by atoms with Gasteiger partial charge < -0.3 is 9.47 Å². The monoisotopic (exact) mass is 591 g/mol. The Labute approximate surface area is 267 Å². The standard InChI is InChI=1S/C41H66O2/c1-5-9-20-36(18-7-3)22-14-11-12-16-34-42-40-30-26-38(27-31-40)24-25-39-28-32-41(33-29-39)43-35-17-13-15-23-37(19-8-4)21-10-6-2/h24-33,36-37H,5-23,34-35H2,1-4H3/b25-24+. The van der Waals surface area contributed by atoms with Crippen LogP contribution >= 0.6 is 0 Å². The van der Waals surface area contributed by atoms with Gasteiger partial charge in [-0.2, -0.15) is 0 Å². The molecule has 0 aliphatic heterocycles. The van der Waals surface area contributed by atoms with Crippen LogP contribution in [0.25, 0.3) is 12.2 Å². The Hall–Kier alpha value is -2.22. The van der Waals surface area contributed by atoms with E-state index in [1.165, 1.54) is 120 Å². The van der Waals surface area contributed by atoms with Crippen LogP contribution < -0.4 is 9.47 Å². The van der Waals surface area contributed by atoms with E-state index in [0.29, 0.717) is 0 Å². The molecule has 43 heavy (non-hydrogen) atoms. The van der Waals surface area contributed by atoms with Gasteiger partial charge in [0.25, 0.3) is 0 Å². The summed E-state index contributed by atoms with van der Waals surface area (Å²) in [5, 5.41) is 0. The number of hydrogen-bond donors (Lipinski definition) is 0. The highest BCUT2D eigenvalue weighted by atomic mass is 16.5. The van der Waals surface area contributed by atoms with Gasteiger partial charge in [0.2, 0.25) is 0 Å². The fraction of sp³-hybridized carbons (Fsp3) is 0.659. The first kappa shape index (κ1) is 37.0. The number of ether oxygens (including phenoxy) is 2. The molecule has 0 aliphatic rings. The molecule has 0 amide bonds. The molecule has 0 N–H and O–H groups in total. The van der Waals surface area contributed by atoms with E-state index in [1.807, 2.05) is 0 Å². The summed E-state index contributed by atoms with van der Waals surface area (Å²) in [5.74, 6) is 3.83. The van der Waals surface area contributed by atoms with Crippen LogP contribution in [-0.4, -0.2) is 13.2 Å². The van der Waals surface area contributed by atoms with Crippen molar-refractivity contribution in [1.82, 2.24) is 0 Å². The minimum Gasteiger partial charge on any atom is -0.494 e. The Morgan fingerprint density at radius 3 is 1.19 bits per heavy atom. The van der Waals surface area contributed by atoms with Crippen LogP contribution in [0.2, 0.25) is 0 Å². The predicted molar refractivity (Wildman–Crippen MR) is 190 cm³/mol. The molecule has 0 aliphatic carbocycles. The highest BCUT2D eigenvalue weighted by Crippen LogP contribution is 2.23. The lowest BCUT2D eigenvalue weighted by Gasteiger charge is -2.15. The molecule has 2 unspecified atom stereocenters. The van der Waals surface area contributed by atoms with Crippen LogP contribution in [0.1, 0.15) is 161 Å². The first-order valence-corrected chi connectivity index (χ1v) is 18.3. The third-order valence-corrected chi connectivity index (χ3v) is 8.86. The zero-order valence-electron chi connectivity index (χ0n) is 28.6. The quantitative estimate of drug-likeness (QED) is 0.0761. The van der Waals surface area contributed by atoms with E-state index in [9.17, 15) is 0 Å². The topological polar surface area (TPSA) is 18.5 Å². The molecular formula is C41H66O2. The molecule has 0 fully saturated rings. The van der Waals surface area contributed by atoms with E-state index in [0.717, 1.165) is 49.4 Å². The van der Waals surface area contributed by atoms with Crippen molar-refractivity contribution in [3.63, 3.8) is 0 Å². The minimum absolute atomic E-state index is 0.815. The molecule has 2 heteroatoms. The van der Waals surface area contributed by atoms with E-state index < -0.39 is 0 Å². The molecule has 242 valence electrons. The number of hydrogen-bond acceptors (Lipinski definition) is 2. The second kappa shape index (κ2) is 25.1. The maximum absolute atomic E-state index is 6.01. The minimum atomic E-state index is 0.815. The van der Waals surface area contributed by atoms with Crippen molar-refractivity contribution in [2.45, 2.75) is 150 Å². The Bertz CT molecular complexity index is 914. The molecule has 0 spiro atoms. The van der Waals surface area contributed by atoms with Gasteiger partial charge in [-0.25, -0.2) is 0 Å².